The third-order valence-electron chi connectivity index (χ3n) is 3.02. The zero-order chi connectivity index (χ0) is 16.2. The molecule has 3 aromatic rings. The first-order chi connectivity index (χ1) is 11.1. The molecule has 1 N–H and O–H groups in total. The van der Waals surface area contributed by atoms with Gasteiger partial charge in [-0.3, -0.25) is 4.79 Å². The molecule has 0 radical (unpaired) electrons. The molecule has 0 aliphatic heterocycles. The van der Waals surface area contributed by atoms with Gasteiger partial charge in [-0.15, -0.1) is 10.2 Å². The Morgan fingerprint density at radius 1 is 1.35 bits per heavy atom. The molecular formula is C15H11ClFN3O2S. The summed E-state index contributed by atoms with van der Waals surface area (Å²) in [6.45, 7) is 0.240. The van der Waals surface area contributed by atoms with Gasteiger partial charge >= 0.3 is 0 Å². The maximum absolute atomic E-state index is 13.1. The molecule has 1 aromatic carbocycles. The predicted octanol–water partition coefficient (Wildman–Crippen LogP) is 3.45. The Bertz CT molecular complexity index is 820. The number of thiophene rings is 1. The molecule has 2 heterocycles. The molecule has 0 saturated heterocycles. The fourth-order valence-corrected chi connectivity index (χ4v) is 2.71. The summed E-state index contributed by atoms with van der Waals surface area (Å²) < 4.78 is 18.5. The van der Waals surface area contributed by atoms with E-state index >= 15 is 0 Å². The van der Waals surface area contributed by atoms with Crippen molar-refractivity contribution in [2.24, 2.45) is 0 Å². The lowest BCUT2D eigenvalue weighted by atomic mass is 10.2. The van der Waals surface area contributed by atoms with Gasteiger partial charge in [0, 0.05) is 17.5 Å². The average molecular weight is 352 g/mol. The monoisotopic (exact) mass is 351 g/mol. The van der Waals surface area contributed by atoms with Gasteiger partial charge in [0.05, 0.1) is 5.02 Å². The van der Waals surface area contributed by atoms with Crippen LogP contribution in [0.1, 0.15) is 11.5 Å². The molecule has 0 saturated carbocycles. The Hall–Kier alpha value is -2.25. The van der Waals surface area contributed by atoms with Crippen LogP contribution in [0, 0.1) is 5.82 Å². The summed E-state index contributed by atoms with van der Waals surface area (Å²) in [5.74, 6) is -0.139. The highest BCUT2D eigenvalue weighted by Gasteiger charge is 2.12. The summed E-state index contributed by atoms with van der Waals surface area (Å²) in [6, 6.07) is 6.15. The molecule has 23 heavy (non-hydrogen) atoms. The van der Waals surface area contributed by atoms with Gasteiger partial charge in [-0.1, -0.05) is 17.7 Å². The first-order valence-corrected chi connectivity index (χ1v) is 7.99. The van der Waals surface area contributed by atoms with Crippen LogP contribution in [0.3, 0.4) is 0 Å². The topological polar surface area (TPSA) is 68.0 Å². The quantitative estimate of drug-likeness (QED) is 0.764. The zero-order valence-corrected chi connectivity index (χ0v) is 13.3. The predicted molar refractivity (Wildman–Crippen MR) is 84.6 cm³/mol. The van der Waals surface area contributed by atoms with Crippen LogP contribution in [0.15, 0.2) is 39.4 Å². The van der Waals surface area contributed by atoms with Gasteiger partial charge in [-0.2, -0.15) is 11.3 Å². The van der Waals surface area contributed by atoms with E-state index in [2.05, 4.69) is 15.5 Å². The van der Waals surface area contributed by atoms with Crippen LogP contribution in [-0.4, -0.2) is 16.1 Å². The van der Waals surface area contributed by atoms with Crippen molar-refractivity contribution < 1.29 is 13.6 Å². The van der Waals surface area contributed by atoms with E-state index in [4.69, 9.17) is 16.0 Å². The summed E-state index contributed by atoms with van der Waals surface area (Å²) in [5.41, 5.74) is 1.53. The maximum atomic E-state index is 13.1. The van der Waals surface area contributed by atoms with Crippen LogP contribution in [0.4, 0.5) is 4.39 Å². The molecule has 0 bridgehead atoms. The Morgan fingerprint density at radius 2 is 2.22 bits per heavy atom. The number of nitrogens with zero attached hydrogens (tertiary/aromatic N) is 2. The second-order valence-corrected chi connectivity index (χ2v) is 5.90. The lowest BCUT2D eigenvalue weighted by molar-refractivity contribution is -0.120. The number of hydrogen-bond acceptors (Lipinski definition) is 5. The highest BCUT2D eigenvalue weighted by Crippen LogP contribution is 2.20. The van der Waals surface area contributed by atoms with E-state index in [1.165, 1.54) is 23.5 Å². The van der Waals surface area contributed by atoms with Crippen LogP contribution in [0.2, 0.25) is 5.02 Å². The molecule has 3 rings (SSSR count). The standard InChI is InChI=1S/C15H11ClFN3O2S/c16-11-5-9(1-2-12(11)17)7-18-13(21)6-14-19-20-15(22-14)10-3-4-23-8-10/h1-5,8H,6-7H2,(H,18,21). The molecule has 0 fully saturated rings. The Labute approximate surface area is 140 Å². The van der Waals surface area contributed by atoms with Crippen molar-refractivity contribution in [2.45, 2.75) is 13.0 Å². The molecule has 118 valence electrons. The van der Waals surface area contributed by atoms with E-state index in [9.17, 15) is 9.18 Å². The van der Waals surface area contributed by atoms with Gasteiger partial charge in [-0.05, 0) is 29.1 Å². The second kappa shape index (κ2) is 6.89. The fourth-order valence-electron chi connectivity index (χ4n) is 1.88. The number of carbonyl (C=O) groups excluding carboxylic acids is 1. The summed E-state index contributed by atoms with van der Waals surface area (Å²) in [6.07, 6.45) is -0.0218. The average Bonchev–Trinajstić information content (AvgIpc) is 3.19. The molecule has 0 atom stereocenters. The van der Waals surface area contributed by atoms with Gasteiger partial charge in [0.15, 0.2) is 0 Å². The van der Waals surface area contributed by atoms with Gasteiger partial charge in [0.25, 0.3) is 0 Å². The molecule has 8 heteroatoms. The summed E-state index contributed by atoms with van der Waals surface area (Å²) >= 11 is 7.21. The number of aromatic nitrogens is 2. The smallest absolute Gasteiger partial charge is 0.248 e. The minimum Gasteiger partial charge on any atom is -0.420 e. The maximum Gasteiger partial charge on any atom is 0.248 e. The first-order valence-electron chi connectivity index (χ1n) is 6.67. The van der Waals surface area contributed by atoms with E-state index < -0.39 is 5.82 Å². The molecule has 0 unspecified atom stereocenters. The van der Waals surface area contributed by atoms with Crippen molar-refractivity contribution in [3.05, 3.63) is 57.3 Å². The summed E-state index contributed by atoms with van der Waals surface area (Å²) in [7, 11) is 0. The third kappa shape index (κ3) is 3.94. The van der Waals surface area contributed by atoms with Crippen LogP contribution in [-0.2, 0) is 17.8 Å². The van der Waals surface area contributed by atoms with Crippen molar-refractivity contribution >= 4 is 28.8 Å². The zero-order valence-electron chi connectivity index (χ0n) is 11.8. The van der Waals surface area contributed by atoms with Crippen LogP contribution in [0.5, 0.6) is 0 Å². The number of carbonyl (C=O) groups is 1. The number of hydrogen-bond donors (Lipinski definition) is 1. The van der Waals surface area contributed by atoms with Gasteiger partial charge in [0.2, 0.25) is 17.7 Å². The fraction of sp³-hybridized carbons (Fsp3) is 0.133. The molecule has 5 nitrogen and oxygen atoms in total. The van der Waals surface area contributed by atoms with Crippen LogP contribution in [0.25, 0.3) is 11.5 Å². The van der Waals surface area contributed by atoms with Crippen LogP contribution < -0.4 is 5.32 Å². The molecule has 0 aliphatic rings. The van der Waals surface area contributed by atoms with Crippen molar-refractivity contribution in [1.82, 2.24) is 15.5 Å². The Morgan fingerprint density at radius 3 is 2.96 bits per heavy atom. The van der Waals surface area contributed by atoms with Crippen molar-refractivity contribution in [3.8, 4) is 11.5 Å². The second-order valence-electron chi connectivity index (χ2n) is 4.71. The first kappa shape index (κ1) is 15.6. The van der Waals surface area contributed by atoms with Gasteiger partial charge in [0.1, 0.15) is 12.2 Å². The van der Waals surface area contributed by atoms with Crippen molar-refractivity contribution in [1.29, 1.82) is 0 Å². The molecule has 0 spiro atoms. The van der Waals surface area contributed by atoms with E-state index in [-0.39, 0.29) is 29.8 Å². The number of halogens is 2. The minimum absolute atomic E-state index is 0.0218. The number of nitrogens with one attached hydrogen (secondary N) is 1. The van der Waals surface area contributed by atoms with E-state index in [0.29, 0.717) is 11.5 Å². The Kier molecular flexibility index (Phi) is 4.68. The SMILES string of the molecule is O=C(Cc1nnc(-c2ccsc2)o1)NCc1ccc(F)c(Cl)c1. The highest BCUT2D eigenvalue weighted by atomic mass is 35.5. The van der Waals surface area contributed by atoms with Crippen molar-refractivity contribution in [3.63, 3.8) is 0 Å². The molecule has 1 amide bonds. The van der Waals surface area contributed by atoms with E-state index in [0.717, 1.165) is 5.56 Å². The van der Waals surface area contributed by atoms with Gasteiger partial charge in [-0.25, -0.2) is 4.39 Å². The largest absolute Gasteiger partial charge is 0.420 e. The summed E-state index contributed by atoms with van der Waals surface area (Å²) in [4.78, 5) is 11.9. The number of amides is 1. The normalized spacial score (nSPS) is 10.7. The summed E-state index contributed by atoms with van der Waals surface area (Å²) in [5, 5.41) is 14.3. The highest BCUT2D eigenvalue weighted by molar-refractivity contribution is 7.08. The molecule has 0 aliphatic carbocycles. The Balaban J connectivity index is 1.56. The number of rotatable bonds is 5. The van der Waals surface area contributed by atoms with Gasteiger partial charge < -0.3 is 9.73 Å². The molecular weight excluding hydrogens is 341 g/mol. The number of benzene rings is 1. The minimum atomic E-state index is -0.492. The lowest BCUT2D eigenvalue weighted by Gasteiger charge is -2.04. The van der Waals surface area contributed by atoms with Crippen molar-refractivity contribution in [2.75, 3.05) is 0 Å². The van der Waals surface area contributed by atoms with E-state index in [1.54, 1.807) is 6.07 Å². The third-order valence-corrected chi connectivity index (χ3v) is 3.99. The molecule has 2 aromatic heterocycles. The lowest BCUT2D eigenvalue weighted by Crippen LogP contribution is -2.24. The van der Waals surface area contributed by atoms with Crippen LogP contribution >= 0.6 is 22.9 Å². The van der Waals surface area contributed by atoms with E-state index in [1.807, 2.05) is 16.8 Å².